The average molecular weight is 433 g/mol. The van der Waals surface area contributed by atoms with Crippen LogP contribution >= 0.6 is 0 Å². The molecule has 0 radical (unpaired) electrons. The molecule has 0 aromatic heterocycles. The lowest BCUT2D eigenvalue weighted by molar-refractivity contribution is 0.414. The first-order chi connectivity index (χ1) is 13.7. The predicted molar refractivity (Wildman–Crippen MR) is 112 cm³/mol. The van der Waals surface area contributed by atoms with E-state index in [2.05, 4.69) is 9.44 Å². The third-order valence-corrected chi connectivity index (χ3v) is 6.85. The summed E-state index contributed by atoms with van der Waals surface area (Å²) in [6.07, 6.45) is 0. The van der Waals surface area contributed by atoms with Crippen molar-refractivity contribution >= 4 is 31.4 Å². The molecule has 7 nitrogen and oxygen atoms in total. The number of anilines is 2. The molecule has 3 rings (SSSR count). The summed E-state index contributed by atoms with van der Waals surface area (Å²) in [5.74, 6) is 0.541. The zero-order valence-corrected chi connectivity index (χ0v) is 17.4. The largest absolute Gasteiger partial charge is 0.497 e. The van der Waals surface area contributed by atoms with Gasteiger partial charge in [-0.3, -0.25) is 9.44 Å². The van der Waals surface area contributed by atoms with Gasteiger partial charge in [0.2, 0.25) is 0 Å². The van der Waals surface area contributed by atoms with Crippen molar-refractivity contribution in [1.29, 1.82) is 0 Å². The molecule has 0 atom stereocenters. The van der Waals surface area contributed by atoms with Crippen LogP contribution in [-0.4, -0.2) is 23.9 Å². The number of methoxy groups -OCH3 is 1. The summed E-state index contributed by atoms with van der Waals surface area (Å²) < 4.78 is 59.9. The molecule has 0 aliphatic rings. The summed E-state index contributed by atoms with van der Waals surface area (Å²) in [5, 5.41) is 0. The molecule has 9 heteroatoms. The molecular formula is C20H20N2O5S2. The standard InChI is InChI=1S/C20H20N2O5S2/c1-15-4-3-5-17(14-15)22-29(25,26)19-10-6-16(7-11-19)21-28(23,24)20-12-8-18(27-2)9-13-20/h3-14,21-22H,1-2H3. The quantitative estimate of drug-likeness (QED) is 0.594. The highest BCUT2D eigenvalue weighted by atomic mass is 32.2. The smallest absolute Gasteiger partial charge is 0.261 e. The fraction of sp³-hybridized carbons (Fsp3) is 0.100. The molecule has 152 valence electrons. The summed E-state index contributed by atoms with van der Waals surface area (Å²) in [6, 6.07) is 18.4. The number of hydrogen-bond donors (Lipinski definition) is 2. The van der Waals surface area contributed by atoms with E-state index in [1.165, 1.54) is 43.5 Å². The van der Waals surface area contributed by atoms with E-state index in [0.29, 0.717) is 11.4 Å². The van der Waals surface area contributed by atoms with Gasteiger partial charge in [-0.1, -0.05) is 12.1 Å². The van der Waals surface area contributed by atoms with Crippen LogP contribution in [0.4, 0.5) is 11.4 Å². The zero-order valence-electron chi connectivity index (χ0n) is 15.8. The Bertz CT molecular complexity index is 1200. The van der Waals surface area contributed by atoms with Crippen molar-refractivity contribution in [3.63, 3.8) is 0 Å². The van der Waals surface area contributed by atoms with E-state index >= 15 is 0 Å². The van der Waals surface area contributed by atoms with Crippen LogP contribution in [0, 0.1) is 6.92 Å². The molecule has 29 heavy (non-hydrogen) atoms. The number of benzene rings is 3. The molecule has 0 heterocycles. The first-order valence-electron chi connectivity index (χ1n) is 8.56. The van der Waals surface area contributed by atoms with Crippen LogP contribution in [0.25, 0.3) is 0 Å². The lowest BCUT2D eigenvalue weighted by atomic mass is 10.2. The minimum absolute atomic E-state index is 0.0198. The van der Waals surface area contributed by atoms with Gasteiger partial charge in [-0.2, -0.15) is 0 Å². The van der Waals surface area contributed by atoms with E-state index in [9.17, 15) is 16.8 Å². The Morgan fingerprint density at radius 3 is 1.72 bits per heavy atom. The first kappa shape index (κ1) is 20.7. The zero-order chi connectivity index (χ0) is 21.1. The number of ether oxygens (including phenoxy) is 1. The monoisotopic (exact) mass is 432 g/mol. The van der Waals surface area contributed by atoms with E-state index in [4.69, 9.17) is 4.74 Å². The Hall–Kier alpha value is -3.04. The van der Waals surface area contributed by atoms with Crippen molar-refractivity contribution in [2.24, 2.45) is 0 Å². The topological polar surface area (TPSA) is 102 Å². The molecule has 0 spiro atoms. The minimum Gasteiger partial charge on any atom is -0.497 e. The Kier molecular flexibility index (Phi) is 5.81. The van der Waals surface area contributed by atoms with Crippen molar-refractivity contribution in [2.45, 2.75) is 16.7 Å². The first-order valence-corrected chi connectivity index (χ1v) is 11.5. The van der Waals surface area contributed by atoms with Gasteiger partial charge in [0.05, 0.1) is 16.9 Å². The molecule has 3 aromatic rings. The summed E-state index contributed by atoms with van der Waals surface area (Å²) in [6.45, 7) is 1.86. The van der Waals surface area contributed by atoms with E-state index in [0.717, 1.165) is 5.56 Å². The van der Waals surface area contributed by atoms with E-state index in [-0.39, 0.29) is 15.5 Å². The van der Waals surface area contributed by atoms with Crippen molar-refractivity contribution < 1.29 is 21.6 Å². The van der Waals surface area contributed by atoms with Gasteiger partial charge in [0.15, 0.2) is 0 Å². The fourth-order valence-corrected chi connectivity index (χ4v) is 4.70. The van der Waals surface area contributed by atoms with Crippen LogP contribution in [0.3, 0.4) is 0 Å². The van der Waals surface area contributed by atoms with Gasteiger partial charge in [-0.05, 0) is 73.2 Å². The third kappa shape index (κ3) is 5.07. The molecule has 3 aromatic carbocycles. The highest BCUT2D eigenvalue weighted by molar-refractivity contribution is 7.93. The summed E-state index contributed by atoms with van der Waals surface area (Å²) in [4.78, 5) is 0.0857. The van der Waals surface area contributed by atoms with Crippen LogP contribution in [0.1, 0.15) is 5.56 Å². The number of sulfonamides is 2. The molecule has 2 N–H and O–H groups in total. The summed E-state index contributed by atoms with van der Waals surface area (Å²) >= 11 is 0. The molecule has 0 bridgehead atoms. The van der Waals surface area contributed by atoms with E-state index in [1.54, 1.807) is 30.3 Å². The second-order valence-electron chi connectivity index (χ2n) is 6.28. The van der Waals surface area contributed by atoms with Gasteiger partial charge in [-0.25, -0.2) is 16.8 Å². The SMILES string of the molecule is COc1ccc(S(=O)(=O)Nc2ccc(S(=O)(=O)Nc3cccc(C)c3)cc2)cc1. The van der Waals surface area contributed by atoms with Crippen LogP contribution < -0.4 is 14.2 Å². The van der Waals surface area contributed by atoms with Crippen LogP contribution in [0.15, 0.2) is 82.6 Å². The fourth-order valence-electron chi connectivity index (χ4n) is 2.59. The maximum absolute atomic E-state index is 12.5. The molecule has 0 aliphatic heterocycles. The Morgan fingerprint density at radius 2 is 1.21 bits per heavy atom. The summed E-state index contributed by atoms with van der Waals surface area (Å²) in [5.41, 5.74) is 1.62. The number of aryl methyl sites for hydroxylation is 1. The van der Waals surface area contributed by atoms with E-state index < -0.39 is 20.0 Å². The average Bonchev–Trinajstić information content (AvgIpc) is 2.68. The van der Waals surface area contributed by atoms with Crippen LogP contribution in [0.2, 0.25) is 0 Å². The lowest BCUT2D eigenvalue weighted by Crippen LogP contribution is -2.14. The van der Waals surface area contributed by atoms with Crippen molar-refractivity contribution in [3.05, 3.63) is 78.4 Å². The Labute approximate surface area is 170 Å². The normalized spacial score (nSPS) is 11.7. The van der Waals surface area contributed by atoms with E-state index in [1.807, 2.05) is 13.0 Å². The molecule has 0 saturated heterocycles. The molecule has 0 aliphatic carbocycles. The molecule has 0 saturated carbocycles. The molecular weight excluding hydrogens is 412 g/mol. The number of nitrogens with one attached hydrogen (secondary N) is 2. The number of rotatable bonds is 7. The van der Waals surface area contributed by atoms with Gasteiger partial charge >= 0.3 is 0 Å². The molecule has 0 amide bonds. The van der Waals surface area contributed by atoms with Gasteiger partial charge in [0.1, 0.15) is 5.75 Å². The number of hydrogen-bond acceptors (Lipinski definition) is 5. The van der Waals surface area contributed by atoms with Gasteiger partial charge in [0.25, 0.3) is 20.0 Å². The molecule has 0 fully saturated rings. The molecule has 0 unspecified atom stereocenters. The summed E-state index contributed by atoms with van der Waals surface area (Å²) in [7, 11) is -6.11. The maximum atomic E-state index is 12.5. The minimum atomic E-state index is -3.81. The van der Waals surface area contributed by atoms with Gasteiger partial charge < -0.3 is 4.74 Å². The predicted octanol–water partition coefficient (Wildman–Crippen LogP) is 3.61. The van der Waals surface area contributed by atoms with Crippen molar-refractivity contribution in [1.82, 2.24) is 0 Å². The van der Waals surface area contributed by atoms with Crippen molar-refractivity contribution in [2.75, 3.05) is 16.6 Å². The Morgan fingerprint density at radius 1 is 0.690 bits per heavy atom. The highest BCUT2D eigenvalue weighted by Gasteiger charge is 2.17. The van der Waals surface area contributed by atoms with Gasteiger partial charge in [-0.15, -0.1) is 0 Å². The lowest BCUT2D eigenvalue weighted by Gasteiger charge is -2.11. The second kappa shape index (κ2) is 8.14. The van der Waals surface area contributed by atoms with Gasteiger partial charge in [0, 0.05) is 11.4 Å². The highest BCUT2D eigenvalue weighted by Crippen LogP contribution is 2.22. The Balaban J connectivity index is 1.77. The maximum Gasteiger partial charge on any atom is 0.261 e. The second-order valence-corrected chi connectivity index (χ2v) is 9.65. The van der Waals surface area contributed by atoms with Crippen molar-refractivity contribution in [3.8, 4) is 5.75 Å². The van der Waals surface area contributed by atoms with Crippen LogP contribution in [0.5, 0.6) is 5.75 Å². The van der Waals surface area contributed by atoms with Crippen LogP contribution in [-0.2, 0) is 20.0 Å². The third-order valence-electron chi connectivity index (χ3n) is 4.06.